The van der Waals surface area contributed by atoms with Crippen molar-refractivity contribution >= 4 is 17.0 Å². The third-order valence-corrected chi connectivity index (χ3v) is 3.30. The number of pyridine rings is 1. The van der Waals surface area contributed by atoms with Crippen LogP contribution in [0.4, 0.5) is 0 Å². The number of hydrogen-bond donors (Lipinski definition) is 1. The number of carboxylic acid groups (broad SMARTS) is 1. The zero-order valence-corrected chi connectivity index (χ0v) is 10.9. The number of hydrogen-bond acceptors (Lipinski definition) is 4. The van der Waals surface area contributed by atoms with Crippen LogP contribution in [0.2, 0.25) is 0 Å². The smallest absolute Gasteiger partial charge is 0.341 e. The number of carbonyl (C=O) groups is 1. The van der Waals surface area contributed by atoms with Crippen LogP contribution in [0.25, 0.3) is 11.0 Å². The van der Waals surface area contributed by atoms with Gasteiger partial charge in [-0.15, -0.1) is 0 Å². The fraction of sp³-hybridized carbons (Fsp3) is 0.462. The Balaban J connectivity index is 2.05. The van der Waals surface area contributed by atoms with Crippen LogP contribution in [0.15, 0.2) is 6.07 Å². The highest BCUT2D eigenvalue weighted by molar-refractivity contribution is 5.83. The topological polar surface area (TPSA) is 77.2 Å². The summed E-state index contributed by atoms with van der Waals surface area (Å²) in [5.74, 6) is -0.129. The lowest BCUT2D eigenvalue weighted by molar-refractivity contribution is -0.139. The van der Waals surface area contributed by atoms with Gasteiger partial charge in [-0.1, -0.05) is 0 Å². The predicted molar refractivity (Wildman–Crippen MR) is 68.4 cm³/mol. The average molecular weight is 261 g/mol. The molecule has 1 fully saturated rings. The molecule has 6 heteroatoms. The maximum Gasteiger partial charge on any atom is 0.341 e. The van der Waals surface area contributed by atoms with Gasteiger partial charge in [-0.3, -0.25) is 4.68 Å². The highest BCUT2D eigenvalue weighted by Gasteiger charge is 2.30. The minimum Gasteiger partial charge on any atom is -0.479 e. The second-order valence-electron chi connectivity index (χ2n) is 4.94. The Morgan fingerprint density at radius 3 is 2.95 bits per heavy atom. The molecule has 0 spiro atoms. The molecule has 3 rings (SSSR count). The van der Waals surface area contributed by atoms with Crippen LogP contribution < -0.4 is 4.74 Å². The third-order valence-electron chi connectivity index (χ3n) is 3.30. The van der Waals surface area contributed by atoms with Gasteiger partial charge in [0.1, 0.15) is 0 Å². The molecular weight excluding hydrogens is 246 g/mol. The van der Waals surface area contributed by atoms with E-state index in [2.05, 4.69) is 10.1 Å². The Kier molecular flexibility index (Phi) is 2.66. The molecule has 0 unspecified atom stereocenters. The van der Waals surface area contributed by atoms with E-state index in [0.29, 0.717) is 11.8 Å². The molecule has 19 heavy (non-hydrogen) atoms. The molecule has 2 aromatic heterocycles. The van der Waals surface area contributed by atoms with Crippen molar-refractivity contribution in [3.05, 3.63) is 17.3 Å². The maximum atomic E-state index is 10.5. The first kappa shape index (κ1) is 12.0. The number of carboxylic acids is 1. The molecule has 6 nitrogen and oxygen atoms in total. The molecule has 1 aliphatic carbocycles. The maximum absolute atomic E-state index is 10.5. The van der Waals surface area contributed by atoms with Crippen molar-refractivity contribution in [3.63, 3.8) is 0 Å². The number of ether oxygens (including phenoxy) is 1. The monoisotopic (exact) mass is 261 g/mol. The Labute approximate surface area is 110 Å². The van der Waals surface area contributed by atoms with Gasteiger partial charge in [0.15, 0.2) is 12.3 Å². The quantitative estimate of drug-likeness (QED) is 0.904. The van der Waals surface area contributed by atoms with E-state index in [1.165, 1.54) is 12.8 Å². The summed E-state index contributed by atoms with van der Waals surface area (Å²) in [5, 5.41) is 14.2. The zero-order chi connectivity index (χ0) is 13.6. The highest BCUT2D eigenvalue weighted by Crippen LogP contribution is 2.43. The first-order chi connectivity index (χ1) is 9.06. The lowest BCUT2D eigenvalue weighted by Crippen LogP contribution is -2.10. The van der Waals surface area contributed by atoms with Gasteiger partial charge in [-0.2, -0.15) is 10.1 Å². The minimum absolute atomic E-state index is 0.331. The van der Waals surface area contributed by atoms with Gasteiger partial charge < -0.3 is 9.84 Å². The van der Waals surface area contributed by atoms with Crippen LogP contribution in [-0.2, 0) is 11.8 Å². The van der Waals surface area contributed by atoms with E-state index in [9.17, 15) is 4.79 Å². The summed E-state index contributed by atoms with van der Waals surface area (Å²) < 4.78 is 6.88. The second-order valence-corrected chi connectivity index (χ2v) is 4.94. The minimum atomic E-state index is -1.01. The molecule has 2 aromatic rings. The molecular formula is C13H15N3O3. The van der Waals surface area contributed by atoms with Gasteiger partial charge in [0.2, 0.25) is 5.88 Å². The number of rotatable bonds is 4. The molecule has 0 atom stereocenters. The summed E-state index contributed by atoms with van der Waals surface area (Å²) >= 11 is 0. The van der Waals surface area contributed by atoms with Crippen molar-refractivity contribution in [2.45, 2.75) is 25.7 Å². The molecule has 0 saturated heterocycles. The van der Waals surface area contributed by atoms with E-state index in [0.717, 1.165) is 22.3 Å². The summed E-state index contributed by atoms with van der Waals surface area (Å²) in [7, 11) is 1.85. The van der Waals surface area contributed by atoms with E-state index < -0.39 is 5.97 Å². The molecule has 0 bridgehead atoms. The van der Waals surface area contributed by atoms with Crippen molar-refractivity contribution in [2.75, 3.05) is 6.61 Å². The Hall–Kier alpha value is -2.11. The summed E-state index contributed by atoms with van der Waals surface area (Å²) in [6, 6.07) is 1.78. The Bertz CT molecular complexity index is 659. The fourth-order valence-corrected chi connectivity index (χ4v) is 2.29. The third kappa shape index (κ3) is 2.14. The lowest BCUT2D eigenvalue weighted by atomic mass is 10.1. The predicted octanol–water partition coefficient (Wildman–Crippen LogP) is 1.62. The van der Waals surface area contributed by atoms with Gasteiger partial charge in [0.25, 0.3) is 0 Å². The Morgan fingerprint density at radius 1 is 1.58 bits per heavy atom. The standard InChI is InChI=1S/C13H15N3O3/c1-7-5-9(19-6-10(17)18)14-13-11(7)12(8-3-4-8)15-16(13)2/h5,8H,3-4,6H2,1-2H3,(H,17,18). The number of nitrogens with zero attached hydrogens (tertiary/aromatic N) is 3. The van der Waals surface area contributed by atoms with E-state index in [1.807, 2.05) is 14.0 Å². The number of fused-ring (bicyclic) bond motifs is 1. The normalized spacial score (nSPS) is 14.8. The molecule has 0 amide bonds. The molecule has 0 radical (unpaired) electrons. The van der Waals surface area contributed by atoms with Gasteiger partial charge >= 0.3 is 5.97 Å². The summed E-state index contributed by atoms with van der Waals surface area (Å²) in [5.41, 5.74) is 2.88. The highest BCUT2D eigenvalue weighted by atomic mass is 16.5. The first-order valence-corrected chi connectivity index (χ1v) is 6.25. The number of aromatic nitrogens is 3. The number of aryl methyl sites for hydroxylation is 2. The second kappa shape index (κ2) is 4.22. The van der Waals surface area contributed by atoms with Crippen LogP contribution in [-0.4, -0.2) is 32.4 Å². The zero-order valence-electron chi connectivity index (χ0n) is 10.9. The molecule has 2 heterocycles. The van der Waals surface area contributed by atoms with Gasteiger partial charge in [0, 0.05) is 24.4 Å². The van der Waals surface area contributed by atoms with Gasteiger partial charge in [-0.05, 0) is 25.3 Å². The van der Waals surface area contributed by atoms with E-state index in [4.69, 9.17) is 9.84 Å². The van der Waals surface area contributed by atoms with Crippen molar-refractivity contribution < 1.29 is 14.6 Å². The molecule has 0 aliphatic heterocycles. The van der Waals surface area contributed by atoms with Crippen molar-refractivity contribution in [1.29, 1.82) is 0 Å². The van der Waals surface area contributed by atoms with Crippen molar-refractivity contribution in [2.24, 2.45) is 7.05 Å². The van der Waals surface area contributed by atoms with Crippen LogP contribution in [0, 0.1) is 6.92 Å². The molecule has 100 valence electrons. The largest absolute Gasteiger partial charge is 0.479 e. The lowest BCUT2D eigenvalue weighted by Gasteiger charge is -2.05. The van der Waals surface area contributed by atoms with E-state index >= 15 is 0 Å². The van der Waals surface area contributed by atoms with Crippen LogP contribution in [0.3, 0.4) is 0 Å². The van der Waals surface area contributed by atoms with Crippen molar-refractivity contribution in [3.8, 4) is 5.88 Å². The molecule has 1 saturated carbocycles. The van der Waals surface area contributed by atoms with Crippen LogP contribution in [0.1, 0.15) is 30.0 Å². The molecule has 1 aliphatic rings. The first-order valence-electron chi connectivity index (χ1n) is 6.25. The fourth-order valence-electron chi connectivity index (χ4n) is 2.29. The number of aliphatic carboxylic acids is 1. The van der Waals surface area contributed by atoms with Crippen LogP contribution in [0.5, 0.6) is 5.88 Å². The summed E-state index contributed by atoms with van der Waals surface area (Å²) in [4.78, 5) is 14.9. The van der Waals surface area contributed by atoms with Gasteiger partial charge in [-0.25, -0.2) is 4.79 Å². The van der Waals surface area contributed by atoms with Crippen molar-refractivity contribution in [1.82, 2.24) is 14.8 Å². The van der Waals surface area contributed by atoms with Crippen LogP contribution >= 0.6 is 0 Å². The summed E-state index contributed by atoms with van der Waals surface area (Å²) in [6.45, 7) is 1.59. The van der Waals surface area contributed by atoms with E-state index in [1.54, 1.807) is 10.7 Å². The molecule has 0 aromatic carbocycles. The SMILES string of the molecule is Cc1cc(OCC(=O)O)nc2c1c(C1CC1)nn2C. The molecule has 1 N–H and O–H groups in total. The van der Waals surface area contributed by atoms with E-state index in [-0.39, 0.29) is 6.61 Å². The average Bonchev–Trinajstić information content (AvgIpc) is 3.13. The summed E-state index contributed by atoms with van der Waals surface area (Å²) in [6.07, 6.45) is 2.37. The Morgan fingerprint density at radius 2 is 2.32 bits per heavy atom. The van der Waals surface area contributed by atoms with Gasteiger partial charge in [0.05, 0.1) is 5.69 Å².